The first-order valence-corrected chi connectivity index (χ1v) is 6.73. The molecule has 21 heavy (non-hydrogen) atoms. The molecule has 0 aliphatic carbocycles. The minimum absolute atomic E-state index is 0.646. The van der Waals surface area contributed by atoms with Crippen LogP contribution in [-0.2, 0) is 0 Å². The second kappa shape index (κ2) is 4.45. The molecule has 0 amide bonds. The molecular formula is C17H11BN2O. The van der Waals surface area contributed by atoms with E-state index in [0.29, 0.717) is 11.2 Å². The van der Waals surface area contributed by atoms with E-state index in [1.165, 1.54) is 0 Å². The molecule has 0 unspecified atom stereocenters. The smallest absolute Gasteiger partial charge is 0.227 e. The first-order valence-electron chi connectivity index (χ1n) is 6.73. The Bertz CT molecular complexity index is 958. The van der Waals surface area contributed by atoms with Gasteiger partial charge in [-0.25, -0.2) is 4.98 Å². The number of nitrogens with zero attached hydrogens (tertiary/aromatic N) is 2. The predicted molar refractivity (Wildman–Crippen MR) is 84.9 cm³/mol. The lowest BCUT2D eigenvalue weighted by Gasteiger charge is -2.02. The zero-order valence-electron chi connectivity index (χ0n) is 11.5. The molecule has 0 bridgehead atoms. The normalized spacial score (nSPS) is 11.3. The van der Waals surface area contributed by atoms with Crippen molar-refractivity contribution in [1.82, 2.24) is 9.97 Å². The second-order valence-corrected chi connectivity index (χ2v) is 5.07. The van der Waals surface area contributed by atoms with Crippen LogP contribution in [0.4, 0.5) is 0 Å². The van der Waals surface area contributed by atoms with Gasteiger partial charge in [-0.15, -0.1) is 0 Å². The number of hydrogen-bond acceptors (Lipinski definition) is 3. The number of pyridine rings is 2. The van der Waals surface area contributed by atoms with Gasteiger partial charge in [-0.05, 0) is 31.2 Å². The van der Waals surface area contributed by atoms with Crippen LogP contribution in [0.5, 0.6) is 0 Å². The molecule has 0 spiro atoms. The van der Waals surface area contributed by atoms with E-state index in [9.17, 15) is 0 Å². The van der Waals surface area contributed by atoms with Crippen molar-refractivity contribution in [3.8, 4) is 11.3 Å². The quantitative estimate of drug-likeness (QED) is 0.499. The van der Waals surface area contributed by atoms with Crippen LogP contribution in [0.2, 0.25) is 0 Å². The van der Waals surface area contributed by atoms with Gasteiger partial charge >= 0.3 is 0 Å². The number of aromatic nitrogens is 2. The van der Waals surface area contributed by atoms with Crippen molar-refractivity contribution >= 4 is 35.4 Å². The summed E-state index contributed by atoms with van der Waals surface area (Å²) in [5.74, 6) is 0. The van der Waals surface area contributed by atoms with E-state index in [1.807, 2.05) is 49.4 Å². The summed E-state index contributed by atoms with van der Waals surface area (Å²) in [5, 5.41) is 2.07. The molecule has 4 heteroatoms. The average Bonchev–Trinajstić information content (AvgIpc) is 2.85. The summed E-state index contributed by atoms with van der Waals surface area (Å²) in [5.41, 5.74) is 4.84. The van der Waals surface area contributed by atoms with Crippen molar-refractivity contribution in [2.45, 2.75) is 6.92 Å². The third-order valence-corrected chi connectivity index (χ3v) is 3.57. The molecule has 0 N–H and O–H groups in total. The van der Waals surface area contributed by atoms with Gasteiger partial charge in [-0.1, -0.05) is 23.7 Å². The number of rotatable bonds is 1. The van der Waals surface area contributed by atoms with Gasteiger partial charge in [0.2, 0.25) is 5.71 Å². The summed E-state index contributed by atoms with van der Waals surface area (Å²) < 4.78 is 5.97. The van der Waals surface area contributed by atoms with Gasteiger partial charge in [0.05, 0.1) is 5.69 Å². The van der Waals surface area contributed by atoms with Crippen LogP contribution < -0.4 is 5.46 Å². The van der Waals surface area contributed by atoms with E-state index < -0.39 is 0 Å². The van der Waals surface area contributed by atoms with Crippen LogP contribution in [0.1, 0.15) is 5.69 Å². The van der Waals surface area contributed by atoms with Crippen LogP contribution in [0, 0.1) is 6.92 Å². The van der Waals surface area contributed by atoms with Gasteiger partial charge in [-0.2, -0.15) is 0 Å². The molecule has 4 aromatic rings. The molecule has 3 nitrogen and oxygen atoms in total. The number of benzene rings is 1. The highest BCUT2D eigenvalue weighted by atomic mass is 16.3. The van der Waals surface area contributed by atoms with Crippen LogP contribution in [0.15, 0.2) is 53.1 Å². The second-order valence-electron chi connectivity index (χ2n) is 5.07. The van der Waals surface area contributed by atoms with Gasteiger partial charge in [0.1, 0.15) is 13.4 Å². The van der Waals surface area contributed by atoms with Crippen LogP contribution in [-0.4, -0.2) is 17.8 Å². The van der Waals surface area contributed by atoms with Gasteiger partial charge in [0, 0.05) is 28.2 Å². The zero-order chi connectivity index (χ0) is 14.4. The summed E-state index contributed by atoms with van der Waals surface area (Å²) in [7, 11) is 5.70. The highest BCUT2D eigenvalue weighted by Gasteiger charge is 2.13. The summed E-state index contributed by atoms with van der Waals surface area (Å²) in [6.45, 7) is 1.95. The summed E-state index contributed by atoms with van der Waals surface area (Å²) in [4.78, 5) is 8.84. The Morgan fingerprint density at radius 3 is 2.71 bits per heavy atom. The third kappa shape index (κ3) is 1.91. The minimum atomic E-state index is 0.646. The van der Waals surface area contributed by atoms with Crippen molar-refractivity contribution in [3.05, 3.63) is 54.4 Å². The van der Waals surface area contributed by atoms with Crippen molar-refractivity contribution in [2.75, 3.05) is 0 Å². The predicted octanol–water partition coefficient (Wildman–Crippen LogP) is 3.15. The van der Waals surface area contributed by atoms with Crippen molar-refractivity contribution < 1.29 is 4.42 Å². The fourth-order valence-electron chi connectivity index (χ4n) is 2.54. The Kier molecular flexibility index (Phi) is 2.57. The third-order valence-electron chi connectivity index (χ3n) is 3.57. The van der Waals surface area contributed by atoms with E-state index in [-0.39, 0.29) is 0 Å². The first-order chi connectivity index (χ1) is 10.2. The van der Waals surface area contributed by atoms with Gasteiger partial charge in [0.15, 0.2) is 0 Å². The van der Waals surface area contributed by atoms with E-state index in [4.69, 9.17) is 12.3 Å². The molecule has 0 fully saturated rings. The maximum Gasteiger partial charge on any atom is 0.227 e. The highest BCUT2D eigenvalue weighted by Crippen LogP contribution is 2.34. The topological polar surface area (TPSA) is 38.9 Å². The fraction of sp³-hybridized carbons (Fsp3) is 0.0588. The van der Waals surface area contributed by atoms with Crippen LogP contribution in [0.3, 0.4) is 0 Å². The van der Waals surface area contributed by atoms with Gasteiger partial charge in [0.25, 0.3) is 0 Å². The van der Waals surface area contributed by atoms with Crippen molar-refractivity contribution in [2.24, 2.45) is 0 Å². The van der Waals surface area contributed by atoms with Crippen LogP contribution >= 0.6 is 0 Å². The van der Waals surface area contributed by atoms with E-state index >= 15 is 0 Å². The maximum absolute atomic E-state index is 5.97. The lowest BCUT2D eigenvalue weighted by atomic mass is 9.97. The fourth-order valence-corrected chi connectivity index (χ4v) is 2.54. The molecule has 3 aromatic heterocycles. The molecule has 0 aliphatic heterocycles. The van der Waals surface area contributed by atoms with Gasteiger partial charge < -0.3 is 4.42 Å². The Balaban J connectivity index is 2.06. The Labute approximate surface area is 123 Å². The number of aryl methyl sites for hydroxylation is 1. The van der Waals surface area contributed by atoms with E-state index in [0.717, 1.165) is 33.3 Å². The largest absolute Gasteiger partial charge is 0.437 e. The SMILES string of the molecule is [B]c1ccc(-c2cccc3c2oc2nc(C)ccc23)nc1. The molecule has 0 saturated heterocycles. The maximum atomic E-state index is 5.97. The highest BCUT2D eigenvalue weighted by molar-refractivity contribution is 6.32. The lowest BCUT2D eigenvalue weighted by Crippen LogP contribution is -2.02. The molecule has 0 saturated carbocycles. The summed E-state index contributed by atoms with van der Waals surface area (Å²) >= 11 is 0. The zero-order valence-corrected chi connectivity index (χ0v) is 11.5. The van der Waals surface area contributed by atoms with Crippen molar-refractivity contribution in [3.63, 3.8) is 0 Å². The monoisotopic (exact) mass is 270 g/mol. The molecule has 0 aliphatic rings. The molecule has 3 heterocycles. The first kappa shape index (κ1) is 12.2. The van der Waals surface area contributed by atoms with E-state index in [2.05, 4.69) is 9.97 Å². The number of fused-ring (bicyclic) bond motifs is 3. The summed E-state index contributed by atoms with van der Waals surface area (Å²) in [6.07, 6.45) is 1.65. The molecule has 0 atom stereocenters. The average molecular weight is 270 g/mol. The molecule has 1 aromatic carbocycles. The Morgan fingerprint density at radius 1 is 1.00 bits per heavy atom. The number of furan rings is 1. The standard InChI is InChI=1S/C17H11BN2O/c1-10-5-7-13-12-3-2-4-14(16(12)21-17(13)20-10)15-8-6-11(18)9-19-15/h2-9H,1H3. The molecule has 2 radical (unpaired) electrons. The van der Waals surface area contributed by atoms with Crippen molar-refractivity contribution in [1.29, 1.82) is 0 Å². The Hall–Kier alpha value is -2.62. The lowest BCUT2D eigenvalue weighted by molar-refractivity contribution is 0.653. The summed E-state index contributed by atoms with van der Waals surface area (Å²) in [6, 6.07) is 13.8. The minimum Gasteiger partial charge on any atom is -0.437 e. The van der Waals surface area contributed by atoms with Crippen LogP contribution in [0.25, 0.3) is 33.3 Å². The molecule has 98 valence electrons. The van der Waals surface area contributed by atoms with E-state index in [1.54, 1.807) is 6.20 Å². The molecular weight excluding hydrogens is 259 g/mol. The number of hydrogen-bond donors (Lipinski definition) is 0. The Morgan fingerprint density at radius 2 is 1.90 bits per heavy atom. The molecule has 4 rings (SSSR count). The number of para-hydroxylation sites is 1. The van der Waals surface area contributed by atoms with Gasteiger partial charge in [-0.3, -0.25) is 4.98 Å².